The highest BCUT2D eigenvalue weighted by molar-refractivity contribution is 6.46. The van der Waals surface area contributed by atoms with Crippen molar-refractivity contribution in [2.24, 2.45) is 0 Å². The summed E-state index contributed by atoms with van der Waals surface area (Å²) in [6, 6.07) is 10.3. The predicted molar refractivity (Wildman–Crippen MR) is 141 cm³/mol. The molecule has 8 heteroatoms. The van der Waals surface area contributed by atoms with Crippen LogP contribution in [-0.2, 0) is 9.59 Å². The van der Waals surface area contributed by atoms with Crippen LogP contribution in [0.1, 0.15) is 57.2 Å². The van der Waals surface area contributed by atoms with Crippen LogP contribution in [0.3, 0.4) is 0 Å². The van der Waals surface area contributed by atoms with Gasteiger partial charge in [0.15, 0.2) is 11.6 Å². The van der Waals surface area contributed by atoms with E-state index in [9.17, 15) is 19.1 Å². The van der Waals surface area contributed by atoms with Crippen LogP contribution in [0.15, 0.2) is 48.0 Å². The van der Waals surface area contributed by atoms with Crippen molar-refractivity contribution in [3.8, 4) is 11.5 Å². The predicted octanol–water partition coefficient (Wildman–Crippen LogP) is 5.17. The molecule has 1 aliphatic heterocycles. The van der Waals surface area contributed by atoms with E-state index in [-0.39, 0.29) is 16.9 Å². The smallest absolute Gasteiger partial charge is 0.295 e. The second-order valence-corrected chi connectivity index (χ2v) is 8.99. The molecule has 1 amide bonds. The number of benzene rings is 2. The Morgan fingerprint density at radius 2 is 1.76 bits per heavy atom. The molecule has 0 aliphatic carbocycles. The number of hydrogen-bond acceptors (Lipinski definition) is 6. The number of methoxy groups -OCH3 is 1. The molecule has 0 bridgehead atoms. The minimum absolute atomic E-state index is 0.0160. The number of amides is 1. The molecule has 7 nitrogen and oxygen atoms in total. The number of halogens is 1. The van der Waals surface area contributed by atoms with Crippen molar-refractivity contribution in [1.29, 1.82) is 0 Å². The van der Waals surface area contributed by atoms with E-state index in [0.29, 0.717) is 31.0 Å². The highest BCUT2D eigenvalue weighted by Crippen LogP contribution is 2.40. The van der Waals surface area contributed by atoms with Gasteiger partial charge in [-0.2, -0.15) is 0 Å². The van der Waals surface area contributed by atoms with E-state index >= 15 is 0 Å². The fourth-order valence-electron chi connectivity index (χ4n) is 4.50. The summed E-state index contributed by atoms with van der Waals surface area (Å²) in [6.07, 6.45) is 3.15. The first-order valence-electron chi connectivity index (χ1n) is 12.9. The number of aliphatic hydroxyl groups is 1. The van der Waals surface area contributed by atoms with Crippen molar-refractivity contribution >= 4 is 17.4 Å². The molecule has 2 aromatic carbocycles. The lowest BCUT2D eigenvalue weighted by Gasteiger charge is -2.28. The molecule has 2 aromatic rings. The highest BCUT2D eigenvalue weighted by Gasteiger charge is 2.46. The Morgan fingerprint density at radius 1 is 1.05 bits per heavy atom. The maximum Gasteiger partial charge on any atom is 0.295 e. The lowest BCUT2D eigenvalue weighted by Crippen LogP contribution is -2.38. The summed E-state index contributed by atoms with van der Waals surface area (Å²) < 4.78 is 25.2. The van der Waals surface area contributed by atoms with Crippen LogP contribution in [0.5, 0.6) is 11.5 Å². The van der Waals surface area contributed by atoms with Gasteiger partial charge in [0.2, 0.25) is 0 Å². The second-order valence-electron chi connectivity index (χ2n) is 8.99. The van der Waals surface area contributed by atoms with E-state index in [0.717, 1.165) is 38.4 Å². The number of hydrogen-bond donors (Lipinski definition) is 1. The lowest BCUT2D eigenvalue weighted by atomic mass is 9.95. The second kappa shape index (κ2) is 13.2. The number of rotatable bonds is 13. The molecule has 0 saturated carbocycles. The molecule has 0 aromatic heterocycles. The Kier molecular flexibility index (Phi) is 10.1. The molecule has 37 heavy (non-hydrogen) atoms. The maximum absolute atomic E-state index is 14.4. The molecule has 0 radical (unpaired) electrons. The molecule has 1 aliphatic rings. The molecule has 3 rings (SSSR count). The van der Waals surface area contributed by atoms with E-state index in [1.807, 2.05) is 13.8 Å². The van der Waals surface area contributed by atoms with Gasteiger partial charge in [-0.05, 0) is 55.4 Å². The fraction of sp³-hybridized carbons (Fsp3) is 0.448. The number of carbonyl (C=O) groups excluding carboxylic acids is 2. The van der Waals surface area contributed by atoms with Crippen LogP contribution in [0.2, 0.25) is 0 Å². The van der Waals surface area contributed by atoms with E-state index in [2.05, 4.69) is 11.8 Å². The third kappa shape index (κ3) is 6.49. The quantitative estimate of drug-likeness (QED) is 0.173. The summed E-state index contributed by atoms with van der Waals surface area (Å²) >= 11 is 0. The maximum atomic E-state index is 14.4. The van der Waals surface area contributed by atoms with E-state index < -0.39 is 29.3 Å². The number of unbranched alkanes of at least 4 members (excludes halogenated alkanes) is 2. The van der Waals surface area contributed by atoms with Gasteiger partial charge in [0.05, 0.1) is 25.3 Å². The van der Waals surface area contributed by atoms with E-state index in [1.54, 1.807) is 24.3 Å². The Labute approximate surface area is 218 Å². The first-order chi connectivity index (χ1) is 17.9. The van der Waals surface area contributed by atoms with Crippen LogP contribution in [-0.4, -0.2) is 66.5 Å². The molecule has 1 unspecified atom stereocenters. The molecule has 1 saturated heterocycles. The van der Waals surface area contributed by atoms with Gasteiger partial charge >= 0.3 is 0 Å². The Morgan fingerprint density at radius 3 is 2.35 bits per heavy atom. The number of likely N-dealkylation sites (tertiary alicyclic amines) is 1. The lowest BCUT2D eigenvalue weighted by molar-refractivity contribution is -0.140. The van der Waals surface area contributed by atoms with E-state index in [4.69, 9.17) is 9.47 Å². The topological polar surface area (TPSA) is 79.3 Å². The van der Waals surface area contributed by atoms with Gasteiger partial charge < -0.3 is 24.4 Å². The Bertz CT molecular complexity index is 1110. The minimum Gasteiger partial charge on any atom is -0.507 e. The summed E-state index contributed by atoms with van der Waals surface area (Å²) in [7, 11) is 1.34. The first-order valence-corrected chi connectivity index (χ1v) is 12.9. The van der Waals surface area contributed by atoms with Crippen molar-refractivity contribution < 1.29 is 28.6 Å². The SMILES string of the molecule is CCCCCOc1ccc(C2/C(=C(/O)c3ccc(OC)c(F)c3)C(=O)C(=O)N2CCN(CC)CC)cc1. The van der Waals surface area contributed by atoms with Gasteiger partial charge in [-0.25, -0.2) is 4.39 Å². The van der Waals surface area contributed by atoms with Gasteiger partial charge in [0, 0.05) is 18.7 Å². The molecule has 1 N–H and O–H groups in total. The van der Waals surface area contributed by atoms with Gasteiger partial charge in [-0.15, -0.1) is 0 Å². The van der Waals surface area contributed by atoms with E-state index in [1.165, 1.54) is 24.1 Å². The fourth-order valence-corrected chi connectivity index (χ4v) is 4.50. The number of carbonyl (C=O) groups is 2. The van der Waals surface area contributed by atoms with Crippen molar-refractivity contribution in [2.45, 2.75) is 46.1 Å². The van der Waals surface area contributed by atoms with Crippen molar-refractivity contribution in [3.05, 3.63) is 65.0 Å². The number of nitrogens with zero attached hydrogens (tertiary/aromatic N) is 2. The third-order valence-corrected chi connectivity index (χ3v) is 6.73. The summed E-state index contributed by atoms with van der Waals surface area (Å²) in [5.41, 5.74) is 0.696. The van der Waals surface area contributed by atoms with Crippen molar-refractivity contribution in [3.63, 3.8) is 0 Å². The van der Waals surface area contributed by atoms with Crippen LogP contribution in [0, 0.1) is 5.82 Å². The molecular formula is C29H37FN2O5. The standard InChI is InChI=1S/C29H37FN2O5/c1-5-8-9-18-37-22-13-10-20(11-14-22)26-25(27(33)21-12-15-24(36-4)23(30)19-21)28(34)29(35)32(26)17-16-31(6-2)7-3/h10-15,19,26,33H,5-9,16-18H2,1-4H3/b27-25-. The number of Topliss-reactive ketones (excluding diaryl/α,β-unsaturated/α-hetero) is 1. The molecule has 200 valence electrons. The Hall–Kier alpha value is -3.39. The molecule has 0 spiro atoms. The van der Waals surface area contributed by atoms with Crippen LogP contribution in [0.25, 0.3) is 5.76 Å². The summed E-state index contributed by atoms with van der Waals surface area (Å²) in [5.74, 6) is -1.87. The molecule has 1 heterocycles. The van der Waals surface area contributed by atoms with Crippen LogP contribution in [0.4, 0.5) is 4.39 Å². The number of aliphatic hydroxyl groups excluding tert-OH is 1. The molecule has 1 fully saturated rings. The van der Waals surface area contributed by atoms with Gasteiger partial charge in [0.1, 0.15) is 11.5 Å². The van der Waals surface area contributed by atoms with Crippen LogP contribution >= 0.6 is 0 Å². The molecule has 1 atom stereocenters. The number of ether oxygens (including phenoxy) is 2. The van der Waals surface area contributed by atoms with Gasteiger partial charge in [0.25, 0.3) is 11.7 Å². The Balaban J connectivity index is 2.01. The summed E-state index contributed by atoms with van der Waals surface area (Å²) in [4.78, 5) is 30.0. The first kappa shape index (κ1) is 28.2. The number of ketones is 1. The normalized spacial score (nSPS) is 17.0. The third-order valence-electron chi connectivity index (χ3n) is 6.73. The minimum atomic E-state index is -0.810. The zero-order valence-corrected chi connectivity index (χ0v) is 22.1. The van der Waals surface area contributed by atoms with Gasteiger partial charge in [-0.1, -0.05) is 45.7 Å². The monoisotopic (exact) mass is 512 g/mol. The zero-order chi connectivity index (χ0) is 26.9. The highest BCUT2D eigenvalue weighted by atomic mass is 19.1. The average Bonchev–Trinajstić information content (AvgIpc) is 3.16. The molecular weight excluding hydrogens is 475 g/mol. The largest absolute Gasteiger partial charge is 0.507 e. The summed E-state index contributed by atoms with van der Waals surface area (Å²) in [5, 5.41) is 11.2. The van der Waals surface area contributed by atoms with Crippen LogP contribution < -0.4 is 9.47 Å². The van der Waals surface area contributed by atoms with Gasteiger partial charge in [-0.3, -0.25) is 9.59 Å². The number of likely N-dealkylation sites (N-methyl/N-ethyl adjacent to an activating group) is 1. The van der Waals surface area contributed by atoms with Crippen molar-refractivity contribution in [1.82, 2.24) is 9.80 Å². The summed E-state index contributed by atoms with van der Waals surface area (Å²) in [6.45, 7) is 9.30. The zero-order valence-electron chi connectivity index (χ0n) is 22.1. The average molecular weight is 513 g/mol. The van der Waals surface area contributed by atoms with Crippen molar-refractivity contribution in [2.75, 3.05) is 39.9 Å².